The van der Waals surface area contributed by atoms with E-state index in [-0.39, 0.29) is 10.8 Å². The second-order valence-corrected chi connectivity index (χ2v) is 7.80. The fourth-order valence-electron chi connectivity index (χ4n) is 2.22. The van der Waals surface area contributed by atoms with Crippen LogP contribution in [0.1, 0.15) is 22.8 Å². The van der Waals surface area contributed by atoms with Gasteiger partial charge in [-0.1, -0.05) is 28.9 Å². The van der Waals surface area contributed by atoms with Gasteiger partial charge in [0.2, 0.25) is 10.0 Å². The fourth-order valence-corrected chi connectivity index (χ4v) is 3.74. The maximum Gasteiger partial charge on any atom is 0.255 e. The van der Waals surface area contributed by atoms with Crippen LogP contribution < -0.4 is 10.0 Å². The van der Waals surface area contributed by atoms with Gasteiger partial charge in [-0.3, -0.25) is 4.79 Å². The summed E-state index contributed by atoms with van der Waals surface area (Å²) in [4.78, 5) is 12.6. The number of methoxy groups -OCH3 is 1. The Morgan fingerprint density at radius 2 is 1.84 bits per heavy atom. The lowest BCUT2D eigenvalue weighted by molar-refractivity contribution is 0.102. The van der Waals surface area contributed by atoms with Crippen LogP contribution in [0.25, 0.3) is 0 Å². The van der Waals surface area contributed by atoms with Gasteiger partial charge in [-0.25, -0.2) is 13.1 Å². The zero-order valence-corrected chi connectivity index (χ0v) is 16.3. The minimum atomic E-state index is -3.54. The van der Waals surface area contributed by atoms with Crippen LogP contribution in [0.2, 0.25) is 0 Å². The summed E-state index contributed by atoms with van der Waals surface area (Å²) in [5, 5.41) is 2.82. The average molecular weight is 427 g/mol. The van der Waals surface area contributed by atoms with E-state index in [0.717, 1.165) is 10.0 Å². The minimum Gasteiger partial charge on any atom is -0.380 e. The number of sulfonamides is 1. The summed E-state index contributed by atoms with van der Waals surface area (Å²) < 4.78 is 32.3. The van der Waals surface area contributed by atoms with Gasteiger partial charge in [0, 0.05) is 34.9 Å². The number of hydrogen-bond acceptors (Lipinski definition) is 4. The van der Waals surface area contributed by atoms with Gasteiger partial charge >= 0.3 is 0 Å². The van der Waals surface area contributed by atoms with Gasteiger partial charge in [0.1, 0.15) is 0 Å². The molecular formula is C17H19BrN2O4S. The first-order valence-electron chi connectivity index (χ1n) is 7.56. The first-order chi connectivity index (χ1) is 11.9. The molecular weight excluding hydrogens is 408 g/mol. The molecule has 0 aliphatic carbocycles. The van der Waals surface area contributed by atoms with Crippen molar-refractivity contribution in [2.45, 2.75) is 18.4 Å². The van der Waals surface area contributed by atoms with E-state index in [0.29, 0.717) is 24.4 Å². The number of ether oxygens (including phenoxy) is 1. The van der Waals surface area contributed by atoms with Crippen LogP contribution in [0.15, 0.2) is 51.8 Å². The lowest BCUT2D eigenvalue weighted by Crippen LogP contribution is -2.23. The van der Waals surface area contributed by atoms with E-state index in [1.807, 2.05) is 12.1 Å². The summed E-state index contributed by atoms with van der Waals surface area (Å²) in [5.41, 5.74) is 1.81. The van der Waals surface area contributed by atoms with E-state index in [4.69, 9.17) is 4.74 Å². The standard InChI is InChI=1S/C17H19BrN2O4S/c1-3-19-25(22,23)13-9-7-12(8-10-13)17(21)20-16-6-4-5-15(18)14(16)11-24-2/h4-10,19H,3,11H2,1-2H3,(H,20,21). The molecule has 6 nitrogen and oxygen atoms in total. The summed E-state index contributed by atoms with van der Waals surface area (Å²) in [5.74, 6) is -0.331. The van der Waals surface area contributed by atoms with Gasteiger partial charge < -0.3 is 10.1 Å². The van der Waals surface area contributed by atoms with Gasteiger partial charge in [0.05, 0.1) is 11.5 Å². The van der Waals surface area contributed by atoms with E-state index in [2.05, 4.69) is 26.0 Å². The third-order valence-electron chi connectivity index (χ3n) is 3.42. The highest BCUT2D eigenvalue weighted by Crippen LogP contribution is 2.26. The second-order valence-electron chi connectivity index (χ2n) is 5.18. The molecule has 0 aliphatic heterocycles. The van der Waals surface area contributed by atoms with Crippen molar-refractivity contribution in [1.29, 1.82) is 0 Å². The van der Waals surface area contributed by atoms with Crippen LogP contribution in [0.3, 0.4) is 0 Å². The quantitative estimate of drug-likeness (QED) is 0.711. The van der Waals surface area contributed by atoms with Crippen LogP contribution in [0, 0.1) is 0 Å². The fraction of sp³-hybridized carbons (Fsp3) is 0.235. The molecule has 0 atom stereocenters. The van der Waals surface area contributed by atoms with Crippen molar-refractivity contribution >= 4 is 37.5 Å². The maximum absolute atomic E-state index is 12.4. The largest absolute Gasteiger partial charge is 0.380 e. The van der Waals surface area contributed by atoms with Crippen LogP contribution in [0.4, 0.5) is 5.69 Å². The molecule has 0 spiro atoms. The third kappa shape index (κ3) is 4.88. The lowest BCUT2D eigenvalue weighted by Gasteiger charge is -2.12. The Labute approximate surface area is 155 Å². The Hall–Kier alpha value is -1.74. The number of carbonyl (C=O) groups excluding carboxylic acids is 1. The summed E-state index contributed by atoms with van der Waals surface area (Å²) in [6, 6.07) is 11.2. The summed E-state index contributed by atoms with van der Waals surface area (Å²) in [7, 11) is -1.96. The lowest BCUT2D eigenvalue weighted by atomic mass is 10.1. The van der Waals surface area contributed by atoms with E-state index in [9.17, 15) is 13.2 Å². The Bertz CT molecular complexity index is 851. The molecule has 0 fully saturated rings. The minimum absolute atomic E-state index is 0.119. The van der Waals surface area contributed by atoms with Crippen molar-refractivity contribution in [2.75, 3.05) is 19.0 Å². The number of nitrogens with one attached hydrogen (secondary N) is 2. The van der Waals surface area contributed by atoms with E-state index in [1.165, 1.54) is 24.3 Å². The van der Waals surface area contributed by atoms with Crippen molar-refractivity contribution < 1.29 is 17.9 Å². The maximum atomic E-state index is 12.4. The number of hydrogen-bond donors (Lipinski definition) is 2. The molecule has 0 saturated carbocycles. The highest BCUT2D eigenvalue weighted by atomic mass is 79.9. The SMILES string of the molecule is CCNS(=O)(=O)c1ccc(C(=O)Nc2cccc(Br)c2COC)cc1. The summed E-state index contributed by atoms with van der Waals surface area (Å²) >= 11 is 3.44. The normalized spacial score (nSPS) is 11.3. The number of anilines is 1. The second kappa shape index (κ2) is 8.57. The number of amides is 1. The average Bonchev–Trinajstić information content (AvgIpc) is 2.58. The molecule has 0 saturated heterocycles. The van der Waals surface area contributed by atoms with Gasteiger partial charge in [-0.05, 0) is 36.4 Å². The Balaban J connectivity index is 2.21. The topological polar surface area (TPSA) is 84.5 Å². The molecule has 0 radical (unpaired) electrons. The smallest absolute Gasteiger partial charge is 0.255 e. The predicted molar refractivity (Wildman–Crippen MR) is 100 cm³/mol. The zero-order chi connectivity index (χ0) is 18.4. The van der Waals surface area contributed by atoms with Crippen LogP contribution in [-0.2, 0) is 21.4 Å². The van der Waals surface area contributed by atoms with Crippen molar-refractivity contribution in [3.63, 3.8) is 0 Å². The molecule has 134 valence electrons. The van der Waals surface area contributed by atoms with Gasteiger partial charge in [0.25, 0.3) is 5.91 Å². The Morgan fingerprint density at radius 1 is 1.16 bits per heavy atom. The number of halogens is 1. The number of rotatable bonds is 7. The van der Waals surface area contributed by atoms with E-state index < -0.39 is 10.0 Å². The van der Waals surface area contributed by atoms with Crippen LogP contribution in [0.5, 0.6) is 0 Å². The molecule has 0 heterocycles. The van der Waals surface area contributed by atoms with Crippen molar-refractivity contribution in [2.24, 2.45) is 0 Å². The molecule has 8 heteroatoms. The predicted octanol–water partition coefficient (Wildman–Crippen LogP) is 3.15. The zero-order valence-electron chi connectivity index (χ0n) is 13.9. The molecule has 2 N–H and O–H groups in total. The van der Waals surface area contributed by atoms with E-state index >= 15 is 0 Å². The highest BCUT2D eigenvalue weighted by Gasteiger charge is 2.15. The molecule has 2 aromatic carbocycles. The third-order valence-corrected chi connectivity index (χ3v) is 5.72. The van der Waals surface area contributed by atoms with Crippen LogP contribution in [-0.4, -0.2) is 28.0 Å². The first-order valence-corrected chi connectivity index (χ1v) is 9.84. The monoisotopic (exact) mass is 426 g/mol. The molecule has 0 bridgehead atoms. The van der Waals surface area contributed by atoms with Crippen LogP contribution >= 0.6 is 15.9 Å². The molecule has 0 aromatic heterocycles. The number of carbonyl (C=O) groups is 1. The number of benzene rings is 2. The Morgan fingerprint density at radius 3 is 2.44 bits per heavy atom. The molecule has 2 rings (SSSR count). The first kappa shape index (κ1) is 19.6. The van der Waals surface area contributed by atoms with E-state index in [1.54, 1.807) is 20.1 Å². The van der Waals surface area contributed by atoms with Gasteiger partial charge in [-0.2, -0.15) is 0 Å². The van der Waals surface area contributed by atoms with Crippen molar-refractivity contribution in [3.8, 4) is 0 Å². The van der Waals surface area contributed by atoms with Gasteiger partial charge in [0.15, 0.2) is 0 Å². The molecule has 25 heavy (non-hydrogen) atoms. The molecule has 2 aromatic rings. The van der Waals surface area contributed by atoms with Crippen molar-refractivity contribution in [3.05, 3.63) is 58.1 Å². The Kier molecular flexibility index (Phi) is 6.71. The van der Waals surface area contributed by atoms with Crippen molar-refractivity contribution in [1.82, 2.24) is 4.72 Å². The molecule has 0 aliphatic rings. The molecule has 1 amide bonds. The molecule has 0 unspecified atom stereocenters. The summed E-state index contributed by atoms with van der Waals surface area (Å²) in [6.07, 6.45) is 0. The highest BCUT2D eigenvalue weighted by molar-refractivity contribution is 9.10. The van der Waals surface area contributed by atoms with Gasteiger partial charge in [-0.15, -0.1) is 0 Å². The summed E-state index contributed by atoms with van der Waals surface area (Å²) in [6.45, 7) is 2.35.